The van der Waals surface area contributed by atoms with E-state index in [0.29, 0.717) is 13.0 Å². The second kappa shape index (κ2) is 7.33. The van der Waals surface area contributed by atoms with Crippen LogP contribution in [0.3, 0.4) is 0 Å². The third kappa shape index (κ3) is 10.3. The Hall–Kier alpha value is -1.30. The molecule has 0 atom stereocenters. The summed E-state index contributed by atoms with van der Waals surface area (Å²) in [6.45, 7) is 9.56. The van der Waals surface area contributed by atoms with Crippen molar-refractivity contribution in [2.45, 2.75) is 46.6 Å². The van der Waals surface area contributed by atoms with Gasteiger partial charge in [0, 0.05) is 19.5 Å². The number of aliphatic hydroxyl groups is 1. The van der Waals surface area contributed by atoms with Gasteiger partial charge >= 0.3 is 6.09 Å². The molecule has 0 aliphatic heterocycles. The molecule has 0 rings (SSSR count). The number of rotatable bonds is 6. The van der Waals surface area contributed by atoms with Gasteiger partial charge in [-0.2, -0.15) is 0 Å². The highest BCUT2D eigenvalue weighted by molar-refractivity contribution is 5.76. The summed E-state index contributed by atoms with van der Waals surface area (Å²) in [6, 6.07) is 0. The number of amides is 2. The van der Waals surface area contributed by atoms with Gasteiger partial charge in [-0.3, -0.25) is 4.79 Å². The second-order valence-corrected chi connectivity index (χ2v) is 6.32. The van der Waals surface area contributed by atoms with Gasteiger partial charge in [0.15, 0.2) is 0 Å². The Labute approximate surface area is 114 Å². The summed E-state index contributed by atoms with van der Waals surface area (Å²) in [5.74, 6) is -0.0432. The van der Waals surface area contributed by atoms with Gasteiger partial charge in [0.25, 0.3) is 0 Å². The first-order chi connectivity index (χ1) is 8.56. The summed E-state index contributed by atoms with van der Waals surface area (Å²) in [6.07, 6.45) is -0.168. The molecule has 0 unspecified atom stereocenters. The minimum absolute atomic E-state index is 0.0432. The number of nitrogens with one attached hydrogen (secondary N) is 2. The van der Waals surface area contributed by atoms with Crippen molar-refractivity contribution in [3.05, 3.63) is 0 Å². The van der Waals surface area contributed by atoms with Crippen molar-refractivity contribution in [1.82, 2.24) is 10.6 Å². The van der Waals surface area contributed by atoms with Gasteiger partial charge in [-0.15, -0.1) is 0 Å². The molecule has 6 heteroatoms. The van der Waals surface area contributed by atoms with E-state index >= 15 is 0 Å². The number of carbonyl (C=O) groups excluding carboxylic acids is 2. The van der Waals surface area contributed by atoms with Crippen LogP contribution in [0.4, 0.5) is 4.79 Å². The average Bonchev–Trinajstić information content (AvgIpc) is 2.21. The lowest BCUT2D eigenvalue weighted by molar-refractivity contribution is -0.122. The molecule has 112 valence electrons. The van der Waals surface area contributed by atoms with Crippen LogP contribution in [-0.2, 0) is 9.53 Å². The summed E-state index contributed by atoms with van der Waals surface area (Å²) in [4.78, 5) is 22.8. The van der Waals surface area contributed by atoms with E-state index in [1.807, 2.05) is 20.8 Å². The molecule has 0 radical (unpaired) electrons. The van der Waals surface area contributed by atoms with E-state index in [-0.39, 0.29) is 24.5 Å². The molecule has 0 bridgehead atoms. The lowest BCUT2D eigenvalue weighted by Gasteiger charge is -2.22. The zero-order valence-corrected chi connectivity index (χ0v) is 12.5. The third-order valence-electron chi connectivity index (χ3n) is 2.16. The molecular weight excluding hydrogens is 248 g/mol. The molecule has 3 N–H and O–H groups in total. The summed E-state index contributed by atoms with van der Waals surface area (Å²) >= 11 is 0. The number of hydrogen-bond donors (Lipinski definition) is 3. The van der Waals surface area contributed by atoms with Crippen molar-refractivity contribution in [3.8, 4) is 0 Å². The standard InChI is InChI=1S/C13H26N2O4/c1-12(2,3)8-10(17)14-6-7-15-11(18)19-13(4,5)9-16/h16H,6-9H2,1-5H3,(H,14,17)(H,15,18). The molecule has 0 aliphatic rings. The van der Waals surface area contributed by atoms with Crippen molar-refractivity contribution in [1.29, 1.82) is 0 Å². The number of ether oxygens (including phenoxy) is 1. The number of carbonyl (C=O) groups is 2. The molecule has 0 heterocycles. The highest BCUT2D eigenvalue weighted by Crippen LogP contribution is 2.17. The maximum atomic E-state index is 11.5. The predicted molar refractivity (Wildman–Crippen MR) is 72.7 cm³/mol. The van der Waals surface area contributed by atoms with Crippen molar-refractivity contribution in [2.75, 3.05) is 19.7 Å². The SMILES string of the molecule is CC(C)(C)CC(=O)NCCNC(=O)OC(C)(C)CO. The van der Waals surface area contributed by atoms with Gasteiger partial charge < -0.3 is 20.5 Å². The van der Waals surface area contributed by atoms with Gasteiger partial charge in [0.2, 0.25) is 5.91 Å². The topological polar surface area (TPSA) is 87.7 Å². The molecule has 0 aliphatic carbocycles. The first-order valence-electron chi connectivity index (χ1n) is 6.40. The minimum Gasteiger partial charge on any atom is -0.441 e. The average molecular weight is 274 g/mol. The van der Waals surface area contributed by atoms with Crippen LogP contribution in [0.15, 0.2) is 0 Å². The van der Waals surface area contributed by atoms with Crippen LogP contribution in [0.5, 0.6) is 0 Å². The Bertz CT molecular complexity index is 308. The molecule has 0 aromatic rings. The van der Waals surface area contributed by atoms with Crippen LogP contribution in [0.25, 0.3) is 0 Å². The summed E-state index contributed by atoms with van der Waals surface area (Å²) in [5, 5.41) is 14.2. The highest BCUT2D eigenvalue weighted by Gasteiger charge is 2.21. The molecule has 2 amide bonds. The van der Waals surface area contributed by atoms with Crippen LogP contribution in [0.2, 0.25) is 0 Å². The molecular formula is C13H26N2O4. The zero-order valence-electron chi connectivity index (χ0n) is 12.5. The number of aliphatic hydroxyl groups excluding tert-OH is 1. The molecule has 0 aromatic carbocycles. The van der Waals surface area contributed by atoms with Crippen molar-refractivity contribution in [3.63, 3.8) is 0 Å². The van der Waals surface area contributed by atoms with E-state index in [4.69, 9.17) is 9.84 Å². The van der Waals surface area contributed by atoms with Crippen molar-refractivity contribution >= 4 is 12.0 Å². The summed E-state index contributed by atoms with van der Waals surface area (Å²) in [7, 11) is 0. The number of hydrogen-bond acceptors (Lipinski definition) is 4. The van der Waals surface area contributed by atoms with Crippen LogP contribution < -0.4 is 10.6 Å². The Kier molecular flexibility index (Phi) is 6.83. The first kappa shape index (κ1) is 17.7. The lowest BCUT2D eigenvalue weighted by atomic mass is 9.92. The van der Waals surface area contributed by atoms with E-state index in [0.717, 1.165) is 0 Å². The Morgan fingerprint density at radius 1 is 1.05 bits per heavy atom. The normalized spacial score (nSPS) is 11.9. The van der Waals surface area contributed by atoms with Crippen molar-refractivity contribution in [2.24, 2.45) is 5.41 Å². The van der Waals surface area contributed by atoms with E-state index < -0.39 is 11.7 Å². The van der Waals surface area contributed by atoms with Gasteiger partial charge in [0.05, 0.1) is 6.61 Å². The number of alkyl carbamates (subject to hydrolysis) is 1. The fraction of sp³-hybridized carbons (Fsp3) is 0.846. The Balaban J connectivity index is 3.76. The van der Waals surface area contributed by atoms with Crippen LogP contribution in [-0.4, -0.2) is 42.4 Å². The van der Waals surface area contributed by atoms with E-state index in [1.54, 1.807) is 13.8 Å². The molecule has 0 fully saturated rings. The van der Waals surface area contributed by atoms with Crippen LogP contribution in [0, 0.1) is 5.41 Å². The Morgan fingerprint density at radius 3 is 2.05 bits per heavy atom. The van der Waals surface area contributed by atoms with Gasteiger partial charge in [-0.25, -0.2) is 4.79 Å². The molecule has 0 saturated carbocycles. The largest absolute Gasteiger partial charge is 0.441 e. The summed E-state index contributed by atoms with van der Waals surface area (Å²) < 4.78 is 4.96. The summed E-state index contributed by atoms with van der Waals surface area (Å²) in [5.41, 5.74) is -0.957. The van der Waals surface area contributed by atoms with Crippen LogP contribution in [0.1, 0.15) is 41.0 Å². The van der Waals surface area contributed by atoms with Gasteiger partial charge in [-0.05, 0) is 19.3 Å². The fourth-order valence-electron chi connectivity index (χ4n) is 1.23. The molecule has 6 nitrogen and oxygen atoms in total. The minimum atomic E-state index is -0.903. The molecule has 19 heavy (non-hydrogen) atoms. The lowest BCUT2D eigenvalue weighted by Crippen LogP contribution is -2.40. The van der Waals surface area contributed by atoms with Gasteiger partial charge in [0.1, 0.15) is 5.60 Å². The van der Waals surface area contributed by atoms with E-state index in [9.17, 15) is 9.59 Å². The highest BCUT2D eigenvalue weighted by atomic mass is 16.6. The molecule has 0 saturated heterocycles. The first-order valence-corrected chi connectivity index (χ1v) is 6.40. The third-order valence-corrected chi connectivity index (χ3v) is 2.16. The van der Waals surface area contributed by atoms with E-state index in [1.165, 1.54) is 0 Å². The monoisotopic (exact) mass is 274 g/mol. The molecule has 0 spiro atoms. The zero-order chi connectivity index (χ0) is 15.1. The fourth-order valence-corrected chi connectivity index (χ4v) is 1.23. The van der Waals surface area contributed by atoms with Gasteiger partial charge in [-0.1, -0.05) is 20.8 Å². The smallest absolute Gasteiger partial charge is 0.407 e. The van der Waals surface area contributed by atoms with Crippen molar-refractivity contribution < 1.29 is 19.4 Å². The maximum Gasteiger partial charge on any atom is 0.407 e. The van der Waals surface area contributed by atoms with Crippen LogP contribution >= 0.6 is 0 Å². The Morgan fingerprint density at radius 2 is 1.58 bits per heavy atom. The van der Waals surface area contributed by atoms with E-state index in [2.05, 4.69) is 10.6 Å². The predicted octanol–water partition coefficient (Wildman–Crippen LogP) is 1.04. The second-order valence-electron chi connectivity index (χ2n) is 6.32. The quantitative estimate of drug-likeness (QED) is 0.631. The maximum absolute atomic E-state index is 11.5. The molecule has 0 aromatic heterocycles.